The molecule has 1 aromatic carbocycles. The third kappa shape index (κ3) is 4.53. The maximum Gasteiger partial charge on any atom is 0.246 e. The van der Waals surface area contributed by atoms with Crippen LogP contribution < -0.4 is 0 Å². The predicted octanol–water partition coefficient (Wildman–Crippen LogP) is 3.24. The van der Waals surface area contributed by atoms with Crippen LogP contribution in [0.15, 0.2) is 24.3 Å². The molecule has 0 saturated heterocycles. The normalized spacial score (nSPS) is 11.3. The third-order valence-electron chi connectivity index (χ3n) is 2.63. The van der Waals surface area contributed by atoms with Gasteiger partial charge in [0.2, 0.25) is 5.91 Å². The summed E-state index contributed by atoms with van der Waals surface area (Å²) in [5.74, 6) is -0.167. The van der Waals surface area contributed by atoms with E-state index in [2.05, 4.69) is 0 Å². The van der Waals surface area contributed by atoms with Crippen molar-refractivity contribution in [2.45, 2.75) is 19.9 Å². The second-order valence-electron chi connectivity index (χ2n) is 4.33. The van der Waals surface area contributed by atoms with E-state index in [0.717, 1.165) is 0 Å². The second-order valence-corrected chi connectivity index (χ2v) is 5.11. The first kappa shape index (κ1) is 16.0. The number of rotatable bonds is 5. The van der Waals surface area contributed by atoms with Gasteiger partial charge in [0, 0.05) is 18.7 Å². The highest BCUT2D eigenvalue weighted by Gasteiger charge is 2.13. The van der Waals surface area contributed by atoms with Crippen molar-refractivity contribution in [3.05, 3.63) is 39.9 Å². The zero-order chi connectivity index (χ0) is 14.4. The van der Waals surface area contributed by atoms with Crippen molar-refractivity contribution in [1.82, 2.24) is 4.90 Å². The Balaban J connectivity index is 2.85. The van der Waals surface area contributed by atoms with Gasteiger partial charge in [-0.3, -0.25) is 4.79 Å². The van der Waals surface area contributed by atoms with Gasteiger partial charge in [-0.15, -0.1) is 0 Å². The molecule has 19 heavy (non-hydrogen) atoms. The first-order valence-corrected chi connectivity index (χ1v) is 6.76. The number of benzene rings is 1. The number of amides is 1. The molecule has 0 saturated carbocycles. The van der Waals surface area contributed by atoms with Gasteiger partial charge in [-0.05, 0) is 31.6 Å². The standard InChI is InChI=1S/C14H17Cl2NO2/c1-10(2)17(8-9-18)13(19)7-6-11-4-3-5-12(15)14(11)16/h3-7,10,18H,8-9H2,1-2H3/b7-6+. The minimum atomic E-state index is -0.167. The van der Waals surface area contributed by atoms with Crippen LogP contribution in [0, 0.1) is 0 Å². The number of hydrogen-bond donors (Lipinski definition) is 1. The highest BCUT2D eigenvalue weighted by molar-refractivity contribution is 6.42. The topological polar surface area (TPSA) is 40.5 Å². The van der Waals surface area contributed by atoms with Gasteiger partial charge in [0.1, 0.15) is 0 Å². The summed E-state index contributed by atoms with van der Waals surface area (Å²) in [7, 11) is 0. The average Bonchev–Trinajstić information content (AvgIpc) is 2.37. The fourth-order valence-electron chi connectivity index (χ4n) is 1.64. The molecule has 0 aliphatic rings. The van der Waals surface area contributed by atoms with Crippen LogP contribution in [0.4, 0.5) is 0 Å². The molecule has 0 aliphatic carbocycles. The smallest absolute Gasteiger partial charge is 0.246 e. The minimum Gasteiger partial charge on any atom is -0.395 e. The van der Waals surface area contributed by atoms with Crippen LogP contribution >= 0.6 is 23.2 Å². The van der Waals surface area contributed by atoms with Crippen molar-refractivity contribution < 1.29 is 9.90 Å². The lowest BCUT2D eigenvalue weighted by atomic mass is 10.2. The lowest BCUT2D eigenvalue weighted by Crippen LogP contribution is -2.37. The summed E-state index contributed by atoms with van der Waals surface area (Å²) in [6, 6.07) is 5.27. The zero-order valence-electron chi connectivity index (χ0n) is 10.9. The Morgan fingerprint density at radius 1 is 1.42 bits per heavy atom. The van der Waals surface area contributed by atoms with E-state index in [0.29, 0.717) is 22.2 Å². The van der Waals surface area contributed by atoms with E-state index in [9.17, 15) is 4.79 Å². The summed E-state index contributed by atoms with van der Waals surface area (Å²) in [5, 5.41) is 9.82. The van der Waals surface area contributed by atoms with Crippen LogP contribution in [-0.2, 0) is 4.79 Å². The van der Waals surface area contributed by atoms with Crippen molar-refractivity contribution in [3.63, 3.8) is 0 Å². The Kier molecular flexibility index (Phi) is 6.35. The minimum absolute atomic E-state index is 0.0270. The molecule has 0 unspecified atom stereocenters. The summed E-state index contributed by atoms with van der Waals surface area (Å²) in [6.07, 6.45) is 3.07. The van der Waals surface area contributed by atoms with Gasteiger partial charge in [-0.1, -0.05) is 35.3 Å². The molecule has 1 amide bonds. The summed E-state index contributed by atoms with van der Waals surface area (Å²) in [5.41, 5.74) is 0.690. The maximum atomic E-state index is 12.0. The van der Waals surface area contributed by atoms with E-state index in [1.54, 1.807) is 29.2 Å². The zero-order valence-corrected chi connectivity index (χ0v) is 12.4. The summed E-state index contributed by atoms with van der Waals surface area (Å²) in [4.78, 5) is 13.6. The fourth-order valence-corrected chi connectivity index (χ4v) is 2.01. The molecule has 0 spiro atoms. The molecule has 3 nitrogen and oxygen atoms in total. The number of halogens is 2. The maximum absolute atomic E-state index is 12.0. The number of aliphatic hydroxyl groups excluding tert-OH is 1. The Labute approximate surface area is 123 Å². The molecule has 0 fully saturated rings. The van der Waals surface area contributed by atoms with Crippen LogP contribution in [0.3, 0.4) is 0 Å². The largest absolute Gasteiger partial charge is 0.395 e. The van der Waals surface area contributed by atoms with Crippen molar-refractivity contribution >= 4 is 35.2 Å². The van der Waals surface area contributed by atoms with Crippen LogP contribution in [0.25, 0.3) is 6.08 Å². The van der Waals surface area contributed by atoms with Crippen molar-refractivity contribution in [1.29, 1.82) is 0 Å². The number of nitrogens with zero attached hydrogens (tertiary/aromatic N) is 1. The molecule has 104 valence electrons. The van der Waals surface area contributed by atoms with E-state index >= 15 is 0 Å². The van der Waals surface area contributed by atoms with E-state index in [-0.39, 0.29) is 18.6 Å². The van der Waals surface area contributed by atoms with Crippen LogP contribution in [0.1, 0.15) is 19.4 Å². The molecule has 0 radical (unpaired) electrons. The summed E-state index contributed by atoms with van der Waals surface area (Å²) < 4.78 is 0. The Morgan fingerprint density at radius 2 is 2.11 bits per heavy atom. The lowest BCUT2D eigenvalue weighted by Gasteiger charge is -2.24. The molecule has 5 heteroatoms. The van der Waals surface area contributed by atoms with Gasteiger partial charge in [0.05, 0.1) is 16.7 Å². The first-order chi connectivity index (χ1) is 8.97. The molecular formula is C14H17Cl2NO2. The fraction of sp³-hybridized carbons (Fsp3) is 0.357. The molecule has 1 N–H and O–H groups in total. The number of carbonyl (C=O) groups excluding carboxylic acids is 1. The summed E-state index contributed by atoms with van der Waals surface area (Å²) in [6.45, 7) is 4.04. The quantitative estimate of drug-likeness (QED) is 0.848. The van der Waals surface area contributed by atoms with Gasteiger partial charge in [-0.2, -0.15) is 0 Å². The Bertz CT molecular complexity index is 473. The monoisotopic (exact) mass is 301 g/mol. The number of carbonyl (C=O) groups is 1. The molecule has 0 aliphatic heterocycles. The first-order valence-electron chi connectivity index (χ1n) is 6.01. The van der Waals surface area contributed by atoms with Crippen molar-refractivity contribution in [3.8, 4) is 0 Å². The van der Waals surface area contributed by atoms with Gasteiger partial charge in [0.15, 0.2) is 0 Å². The average molecular weight is 302 g/mol. The van der Waals surface area contributed by atoms with Gasteiger partial charge in [-0.25, -0.2) is 0 Å². The highest BCUT2D eigenvalue weighted by Crippen LogP contribution is 2.26. The third-order valence-corrected chi connectivity index (χ3v) is 3.47. The highest BCUT2D eigenvalue weighted by atomic mass is 35.5. The second kappa shape index (κ2) is 7.53. The van der Waals surface area contributed by atoms with E-state index in [1.807, 2.05) is 13.8 Å². The van der Waals surface area contributed by atoms with Crippen molar-refractivity contribution in [2.75, 3.05) is 13.2 Å². The lowest BCUT2D eigenvalue weighted by molar-refractivity contribution is -0.128. The van der Waals surface area contributed by atoms with E-state index in [1.165, 1.54) is 6.08 Å². The number of aliphatic hydroxyl groups is 1. The van der Waals surface area contributed by atoms with Crippen LogP contribution in [-0.4, -0.2) is 35.1 Å². The number of hydrogen-bond acceptors (Lipinski definition) is 2. The Hall–Kier alpha value is -1.03. The SMILES string of the molecule is CC(C)N(CCO)C(=O)/C=C/c1cccc(Cl)c1Cl. The van der Waals surface area contributed by atoms with E-state index < -0.39 is 0 Å². The molecule has 1 aromatic rings. The van der Waals surface area contributed by atoms with Crippen LogP contribution in [0.2, 0.25) is 10.0 Å². The predicted molar refractivity (Wildman–Crippen MR) is 79.4 cm³/mol. The van der Waals surface area contributed by atoms with Gasteiger partial charge in [0.25, 0.3) is 0 Å². The molecule has 1 rings (SSSR count). The van der Waals surface area contributed by atoms with Crippen LogP contribution in [0.5, 0.6) is 0 Å². The Morgan fingerprint density at radius 3 is 2.68 bits per heavy atom. The summed E-state index contributed by atoms with van der Waals surface area (Å²) >= 11 is 11.9. The molecule has 0 heterocycles. The molecule has 0 atom stereocenters. The molecule has 0 aromatic heterocycles. The molecule has 0 bridgehead atoms. The molecular weight excluding hydrogens is 285 g/mol. The van der Waals surface area contributed by atoms with Crippen molar-refractivity contribution in [2.24, 2.45) is 0 Å². The van der Waals surface area contributed by atoms with E-state index in [4.69, 9.17) is 28.3 Å². The van der Waals surface area contributed by atoms with Gasteiger partial charge < -0.3 is 10.0 Å². The van der Waals surface area contributed by atoms with Gasteiger partial charge >= 0.3 is 0 Å².